The van der Waals surface area contributed by atoms with Gasteiger partial charge in [-0.3, -0.25) is 4.79 Å². The number of nitrogens with one attached hydrogen (secondary N) is 1. The molecule has 0 atom stereocenters. The maximum absolute atomic E-state index is 13.3. The molecule has 5 nitrogen and oxygen atoms in total. The minimum absolute atomic E-state index is 0.109. The van der Waals surface area contributed by atoms with Crippen LogP contribution in [-0.4, -0.2) is 31.2 Å². The topological polar surface area (TPSA) is 66.5 Å². The number of halogens is 1. The Hall–Kier alpha value is -1.89. The Morgan fingerprint density at radius 2 is 1.70 bits per heavy atom. The summed E-state index contributed by atoms with van der Waals surface area (Å²) < 4.78 is 28.0. The van der Waals surface area contributed by atoms with E-state index in [1.165, 1.54) is 40.9 Å². The molecule has 7 heteroatoms. The summed E-state index contributed by atoms with van der Waals surface area (Å²) in [5, 5.41) is 3.32. The van der Waals surface area contributed by atoms with E-state index < -0.39 is 10.0 Å². The molecule has 4 rings (SSSR count). The standard InChI is InChI=1S/C23H27ClN2O3S/c24-22-12-11-20(15-21(22)23(27)25-19-9-3-1-2-4-10-19)30(28,29)26-14-13-17-7-5-6-8-18(17)16-26/h5-8,11-12,15,19H,1-4,9-10,13-14,16H2,(H,25,27). The largest absolute Gasteiger partial charge is 0.349 e. The van der Waals surface area contributed by atoms with Crippen LogP contribution in [0.4, 0.5) is 0 Å². The van der Waals surface area contributed by atoms with E-state index in [9.17, 15) is 13.2 Å². The van der Waals surface area contributed by atoms with Crippen LogP contribution in [0.2, 0.25) is 5.02 Å². The summed E-state index contributed by atoms with van der Waals surface area (Å²) in [6.45, 7) is 0.760. The van der Waals surface area contributed by atoms with Gasteiger partial charge in [0.05, 0.1) is 15.5 Å². The highest BCUT2D eigenvalue weighted by Crippen LogP contribution is 2.28. The summed E-state index contributed by atoms with van der Waals surface area (Å²) in [5.74, 6) is -0.298. The van der Waals surface area contributed by atoms with Crippen molar-refractivity contribution < 1.29 is 13.2 Å². The molecular formula is C23H27ClN2O3S. The van der Waals surface area contributed by atoms with Crippen LogP contribution in [0.1, 0.15) is 60.0 Å². The molecule has 0 saturated heterocycles. The van der Waals surface area contributed by atoms with Gasteiger partial charge in [-0.25, -0.2) is 8.42 Å². The van der Waals surface area contributed by atoms with E-state index in [-0.39, 0.29) is 27.4 Å². The van der Waals surface area contributed by atoms with E-state index in [4.69, 9.17) is 11.6 Å². The third kappa shape index (κ3) is 4.56. The number of amides is 1. The number of hydrogen-bond acceptors (Lipinski definition) is 3. The normalized spacial score (nSPS) is 18.4. The van der Waals surface area contributed by atoms with Crippen LogP contribution < -0.4 is 5.32 Å². The van der Waals surface area contributed by atoms with Crippen LogP contribution in [0.25, 0.3) is 0 Å². The fourth-order valence-electron chi connectivity index (χ4n) is 4.35. The Labute approximate surface area is 183 Å². The zero-order chi connectivity index (χ0) is 21.1. The number of carbonyl (C=O) groups is 1. The lowest BCUT2D eigenvalue weighted by atomic mass is 10.0. The highest BCUT2D eigenvalue weighted by Gasteiger charge is 2.29. The fourth-order valence-corrected chi connectivity index (χ4v) is 6.00. The summed E-state index contributed by atoms with van der Waals surface area (Å²) in [5.41, 5.74) is 2.43. The van der Waals surface area contributed by atoms with E-state index in [0.717, 1.165) is 31.2 Å². The molecule has 1 aliphatic carbocycles. The first-order valence-corrected chi connectivity index (χ1v) is 12.4. The molecule has 1 aliphatic heterocycles. The first-order chi connectivity index (χ1) is 14.4. The number of sulfonamides is 1. The van der Waals surface area contributed by atoms with Crippen molar-refractivity contribution in [3.05, 3.63) is 64.2 Å². The van der Waals surface area contributed by atoms with Crippen LogP contribution in [0.3, 0.4) is 0 Å². The predicted octanol–water partition coefficient (Wildman–Crippen LogP) is 4.54. The molecule has 30 heavy (non-hydrogen) atoms. The molecule has 160 valence electrons. The van der Waals surface area contributed by atoms with Crippen molar-refractivity contribution >= 4 is 27.5 Å². The fraction of sp³-hybridized carbons (Fsp3) is 0.435. The summed E-state index contributed by atoms with van der Waals surface area (Å²) in [6, 6.07) is 12.4. The minimum atomic E-state index is -3.72. The smallest absolute Gasteiger partial charge is 0.253 e. The number of nitrogens with zero attached hydrogens (tertiary/aromatic N) is 1. The monoisotopic (exact) mass is 446 g/mol. The molecule has 0 unspecified atom stereocenters. The van der Waals surface area contributed by atoms with Gasteiger partial charge >= 0.3 is 0 Å². The van der Waals surface area contributed by atoms with Gasteiger partial charge in [-0.1, -0.05) is 61.5 Å². The van der Waals surface area contributed by atoms with E-state index in [1.807, 2.05) is 24.3 Å². The highest BCUT2D eigenvalue weighted by atomic mass is 35.5. The van der Waals surface area contributed by atoms with Crippen LogP contribution in [-0.2, 0) is 23.0 Å². The van der Waals surface area contributed by atoms with Crippen molar-refractivity contribution in [3.8, 4) is 0 Å². The number of benzene rings is 2. The van der Waals surface area contributed by atoms with Gasteiger partial charge in [0.15, 0.2) is 0 Å². The Morgan fingerprint density at radius 3 is 2.43 bits per heavy atom. The highest BCUT2D eigenvalue weighted by molar-refractivity contribution is 7.89. The first kappa shape index (κ1) is 21.3. The van der Waals surface area contributed by atoms with Gasteiger partial charge in [0.2, 0.25) is 10.0 Å². The lowest BCUT2D eigenvalue weighted by Gasteiger charge is -2.28. The van der Waals surface area contributed by atoms with Crippen molar-refractivity contribution in [2.45, 2.75) is 62.4 Å². The molecule has 2 aliphatic rings. The van der Waals surface area contributed by atoms with Gasteiger partial charge in [-0.2, -0.15) is 4.31 Å². The van der Waals surface area contributed by atoms with Crippen molar-refractivity contribution in [2.75, 3.05) is 6.54 Å². The molecule has 0 bridgehead atoms. The summed E-state index contributed by atoms with van der Waals surface area (Å²) in [7, 11) is -3.72. The summed E-state index contributed by atoms with van der Waals surface area (Å²) in [4.78, 5) is 13.0. The third-order valence-electron chi connectivity index (χ3n) is 6.11. The molecule has 1 fully saturated rings. The lowest BCUT2D eigenvalue weighted by molar-refractivity contribution is 0.0933. The van der Waals surface area contributed by atoms with Gasteiger partial charge in [-0.05, 0) is 48.6 Å². The Balaban J connectivity index is 1.55. The molecule has 2 aromatic carbocycles. The average Bonchev–Trinajstić information content (AvgIpc) is 3.02. The zero-order valence-electron chi connectivity index (χ0n) is 16.9. The van der Waals surface area contributed by atoms with Gasteiger partial charge < -0.3 is 5.32 Å². The maximum atomic E-state index is 13.3. The Bertz CT molecular complexity index is 1030. The first-order valence-electron chi connectivity index (χ1n) is 10.6. The molecule has 1 heterocycles. The van der Waals surface area contributed by atoms with Gasteiger partial charge in [0, 0.05) is 19.1 Å². The number of carbonyl (C=O) groups excluding carboxylic acids is 1. The van der Waals surface area contributed by atoms with E-state index in [2.05, 4.69) is 5.32 Å². The SMILES string of the molecule is O=C(NC1CCCCCC1)c1cc(S(=O)(=O)N2CCc3ccccc3C2)ccc1Cl. The van der Waals surface area contributed by atoms with Gasteiger partial charge in [0.25, 0.3) is 5.91 Å². The van der Waals surface area contributed by atoms with E-state index >= 15 is 0 Å². The second-order valence-corrected chi connectivity index (χ2v) is 10.5. The molecule has 0 radical (unpaired) electrons. The van der Waals surface area contributed by atoms with Crippen molar-refractivity contribution in [3.63, 3.8) is 0 Å². The predicted molar refractivity (Wildman–Crippen MR) is 118 cm³/mol. The van der Waals surface area contributed by atoms with Gasteiger partial charge in [-0.15, -0.1) is 0 Å². The third-order valence-corrected chi connectivity index (χ3v) is 8.28. The van der Waals surface area contributed by atoms with Crippen molar-refractivity contribution in [1.29, 1.82) is 0 Å². The lowest BCUT2D eigenvalue weighted by Crippen LogP contribution is -2.36. The maximum Gasteiger partial charge on any atom is 0.253 e. The van der Waals surface area contributed by atoms with E-state index in [1.54, 1.807) is 0 Å². The second kappa shape index (κ2) is 9.08. The number of fused-ring (bicyclic) bond motifs is 1. The molecule has 2 aromatic rings. The van der Waals surface area contributed by atoms with Crippen molar-refractivity contribution in [1.82, 2.24) is 9.62 Å². The molecule has 1 amide bonds. The summed E-state index contributed by atoms with van der Waals surface area (Å²) >= 11 is 6.27. The zero-order valence-corrected chi connectivity index (χ0v) is 18.5. The summed E-state index contributed by atoms with van der Waals surface area (Å²) in [6.07, 6.45) is 7.17. The minimum Gasteiger partial charge on any atom is -0.349 e. The van der Waals surface area contributed by atoms with Crippen LogP contribution in [0.15, 0.2) is 47.4 Å². The van der Waals surface area contributed by atoms with Crippen LogP contribution in [0.5, 0.6) is 0 Å². The van der Waals surface area contributed by atoms with Crippen LogP contribution >= 0.6 is 11.6 Å². The second-order valence-electron chi connectivity index (χ2n) is 8.16. The molecule has 0 aromatic heterocycles. The van der Waals surface area contributed by atoms with Gasteiger partial charge in [0.1, 0.15) is 0 Å². The van der Waals surface area contributed by atoms with Crippen LogP contribution in [0, 0.1) is 0 Å². The number of rotatable bonds is 4. The van der Waals surface area contributed by atoms with Crippen molar-refractivity contribution in [2.24, 2.45) is 0 Å². The molecule has 1 N–H and O–H groups in total. The quantitative estimate of drug-likeness (QED) is 0.701. The van der Waals surface area contributed by atoms with E-state index in [0.29, 0.717) is 19.5 Å². The molecule has 0 spiro atoms. The average molecular weight is 447 g/mol. The Kier molecular flexibility index (Phi) is 6.46. The molecular weight excluding hydrogens is 420 g/mol. The Morgan fingerprint density at radius 1 is 1.00 bits per heavy atom. The molecule has 1 saturated carbocycles. The number of hydrogen-bond donors (Lipinski definition) is 1.